The van der Waals surface area contributed by atoms with E-state index in [-0.39, 0.29) is 5.41 Å². The van der Waals surface area contributed by atoms with Gasteiger partial charge in [0, 0.05) is 23.8 Å². The quantitative estimate of drug-likeness (QED) is 0.263. The molecule has 0 aromatic heterocycles. The van der Waals surface area contributed by atoms with Gasteiger partial charge < -0.3 is 4.90 Å². The second-order valence-corrected chi connectivity index (χ2v) is 9.92. The number of nitrogens with zero attached hydrogens (tertiary/aromatic N) is 1. The van der Waals surface area contributed by atoms with Gasteiger partial charge in [-0.25, -0.2) is 0 Å². The van der Waals surface area contributed by atoms with E-state index in [1.54, 1.807) is 0 Å². The normalized spacial score (nSPS) is 13.2. The summed E-state index contributed by atoms with van der Waals surface area (Å²) in [5.74, 6) is 0. The fourth-order valence-electron chi connectivity index (χ4n) is 5.59. The van der Waals surface area contributed by atoms with E-state index in [0.29, 0.717) is 0 Å². The zero-order valence-electron chi connectivity index (χ0n) is 20.5. The number of hydrogen-bond acceptors (Lipinski definition) is 1. The van der Waals surface area contributed by atoms with E-state index >= 15 is 0 Å². The maximum atomic E-state index is 2.38. The molecule has 1 heteroatoms. The van der Waals surface area contributed by atoms with Crippen LogP contribution in [0.5, 0.6) is 0 Å². The molecule has 0 saturated heterocycles. The van der Waals surface area contributed by atoms with Crippen LogP contribution in [0.4, 0.5) is 11.4 Å². The molecular weight excluding hydrogens is 422 g/mol. The minimum atomic E-state index is -0.0783. The van der Waals surface area contributed by atoms with Gasteiger partial charge in [0.1, 0.15) is 0 Å². The molecule has 5 aromatic rings. The Balaban J connectivity index is 1.37. The topological polar surface area (TPSA) is 3.24 Å². The molecule has 0 saturated carbocycles. The van der Waals surface area contributed by atoms with Crippen LogP contribution in [0.25, 0.3) is 33.4 Å². The summed E-state index contributed by atoms with van der Waals surface area (Å²) in [6.45, 7) is 4.73. The van der Waals surface area contributed by atoms with Crippen molar-refractivity contribution in [1.82, 2.24) is 0 Å². The summed E-state index contributed by atoms with van der Waals surface area (Å²) in [7, 11) is 2.16. The summed E-state index contributed by atoms with van der Waals surface area (Å²) >= 11 is 0. The SMILES string of the molecule is CN(c1ccc(-c2ccccc2)cc1)c1ccc2c(c1)C(C)(C)c1c(-c3ccccc3)cccc1-2. The highest BCUT2D eigenvalue weighted by Crippen LogP contribution is 2.53. The summed E-state index contributed by atoms with van der Waals surface area (Å²) in [5.41, 5.74) is 12.9. The van der Waals surface area contributed by atoms with Crippen molar-refractivity contribution >= 4 is 11.4 Å². The molecule has 0 atom stereocenters. The number of rotatable bonds is 4. The lowest BCUT2D eigenvalue weighted by Gasteiger charge is -2.26. The second-order valence-electron chi connectivity index (χ2n) is 9.92. The molecule has 0 bridgehead atoms. The molecule has 170 valence electrons. The lowest BCUT2D eigenvalue weighted by molar-refractivity contribution is 0.662. The van der Waals surface area contributed by atoms with Gasteiger partial charge in [-0.3, -0.25) is 0 Å². The lowest BCUT2D eigenvalue weighted by atomic mass is 9.78. The third kappa shape index (κ3) is 3.56. The highest BCUT2D eigenvalue weighted by atomic mass is 15.1. The molecule has 0 amide bonds. The third-order valence-corrected chi connectivity index (χ3v) is 7.49. The zero-order valence-corrected chi connectivity index (χ0v) is 20.5. The van der Waals surface area contributed by atoms with E-state index < -0.39 is 0 Å². The molecule has 0 radical (unpaired) electrons. The maximum absolute atomic E-state index is 2.38. The molecule has 6 rings (SSSR count). The molecule has 0 spiro atoms. The Morgan fingerprint density at radius 1 is 0.486 bits per heavy atom. The highest BCUT2D eigenvalue weighted by molar-refractivity contribution is 5.89. The van der Waals surface area contributed by atoms with Crippen LogP contribution in [0.1, 0.15) is 25.0 Å². The zero-order chi connectivity index (χ0) is 24.0. The molecule has 0 N–H and O–H groups in total. The third-order valence-electron chi connectivity index (χ3n) is 7.49. The highest BCUT2D eigenvalue weighted by Gasteiger charge is 2.37. The molecule has 0 fully saturated rings. The van der Waals surface area contributed by atoms with E-state index in [4.69, 9.17) is 0 Å². The summed E-state index contributed by atoms with van der Waals surface area (Å²) in [6, 6.07) is 43.8. The summed E-state index contributed by atoms with van der Waals surface area (Å²) < 4.78 is 0. The average molecular weight is 452 g/mol. The average Bonchev–Trinajstić information content (AvgIpc) is 3.15. The van der Waals surface area contributed by atoms with Crippen molar-refractivity contribution in [2.45, 2.75) is 19.3 Å². The van der Waals surface area contributed by atoms with E-state index in [9.17, 15) is 0 Å². The molecule has 5 aromatic carbocycles. The first-order chi connectivity index (χ1) is 17.0. The van der Waals surface area contributed by atoms with E-state index in [0.717, 1.165) is 0 Å². The number of hydrogen-bond donors (Lipinski definition) is 0. The maximum Gasteiger partial charge on any atom is 0.0411 e. The van der Waals surface area contributed by atoms with E-state index in [1.807, 2.05) is 0 Å². The van der Waals surface area contributed by atoms with Crippen LogP contribution in [0.2, 0.25) is 0 Å². The number of fused-ring (bicyclic) bond motifs is 3. The monoisotopic (exact) mass is 451 g/mol. The van der Waals surface area contributed by atoms with Gasteiger partial charge in [-0.1, -0.05) is 111 Å². The minimum absolute atomic E-state index is 0.0783. The first-order valence-electron chi connectivity index (χ1n) is 12.3. The van der Waals surface area contributed by atoms with Crippen LogP contribution in [0.15, 0.2) is 121 Å². The molecule has 1 nitrogen and oxygen atoms in total. The number of anilines is 2. The van der Waals surface area contributed by atoms with E-state index in [2.05, 4.69) is 147 Å². The van der Waals surface area contributed by atoms with Crippen molar-refractivity contribution in [3.05, 3.63) is 132 Å². The Morgan fingerprint density at radius 2 is 1.06 bits per heavy atom. The molecule has 1 aliphatic rings. The Kier molecular flexibility index (Phi) is 5.07. The lowest BCUT2D eigenvalue weighted by Crippen LogP contribution is -2.17. The van der Waals surface area contributed by atoms with Gasteiger partial charge in [-0.05, 0) is 68.8 Å². The molecule has 35 heavy (non-hydrogen) atoms. The van der Waals surface area contributed by atoms with Crippen LogP contribution < -0.4 is 4.90 Å². The fraction of sp³-hybridized carbons (Fsp3) is 0.118. The van der Waals surface area contributed by atoms with Crippen molar-refractivity contribution in [3.8, 4) is 33.4 Å². The van der Waals surface area contributed by atoms with Crippen LogP contribution in [0.3, 0.4) is 0 Å². The van der Waals surface area contributed by atoms with Gasteiger partial charge in [-0.15, -0.1) is 0 Å². The Bertz CT molecular complexity index is 1500. The summed E-state index contributed by atoms with van der Waals surface area (Å²) in [4.78, 5) is 2.28. The van der Waals surface area contributed by atoms with Gasteiger partial charge in [-0.2, -0.15) is 0 Å². The Morgan fingerprint density at radius 3 is 1.74 bits per heavy atom. The van der Waals surface area contributed by atoms with Crippen molar-refractivity contribution < 1.29 is 0 Å². The number of benzene rings is 5. The van der Waals surface area contributed by atoms with Crippen molar-refractivity contribution in [2.75, 3.05) is 11.9 Å². The smallest absolute Gasteiger partial charge is 0.0411 e. The van der Waals surface area contributed by atoms with Crippen LogP contribution in [-0.2, 0) is 5.41 Å². The molecule has 0 unspecified atom stereocenters. The summed E-state index contributed by atoms with van der Waals surface area (Å²) in [5, 5.41) is 0. The van der Waals surface area contributed by atoms with Crippen LogP contribution >= 0.6 is 0 Å². The van der Waals surface area contributed by atoms with Gasteiger partial charge in [0.05, 0.1) is 0 Å². The van der Waals surface area contributed by atoms with Crippen LogP contribution in [-0.4, -0.2) is 7.05 Å². The molecular formula is C34H29N. The van der Waals surface area contributed by atoms with Crippen molar-refractivity contribution in [2.24, 2.45) is 0 Å². The standard InChI is InChI=1S/C34H29N/c1-34(2)32-23-28(35(3)27-19-17-25(18-20-27)24-11-6-4-7-12-24)21-22-30(32)31-16-10-15-29(33(31)34)26-13-8-5-9-14-26/h4-23H,1-3H3. The van der Waals surface area contributed by atoms with Crippen molar-refractivity contribution in [1.29, 1.82) is 0 Å². The predicted molar refractivity (Wildman–Crippen MR) is 149 cm³/mol. The van der Waals surface area contributed by atoms with Gasteiger partial charge >= 0.3 is 0 Å². The van der Waals surface area contributed by atoms with E-state index in [1.165, 1.54) is 55.9 Å². The Hall–Kier alpha value is -4.10. The Labute approximate surface area is 208 Å². The van der Waals surface area contributed by atoms with Gasteiger partial charge in [0.15, 0.2) is 0 Å². The molecule has 0 heterocycles. The first-order valence-corrected chi connectivity index (χ1v) is 12.3. The minimum Gasteiger partial charge on any atom is -0.345 e. The second kappa shape index (κ2) is 8.29. The molecule has 0 aliphatic heterocycles. The fourth-order valence-corrected chi connectivity index (χ4v) is 5.59. The van der Waals surface area contributed by atoms with Crippen LogP contribution in [0, 0.1) is 0 Å². The first kappa shape index (κ1) is 21.4. The van der Waals surface area contributed by atoms with Crippen molar-refractivity contribution in [3.63, 3.8) is 0 Å². The predicted octanol–water partition coefficient (Wildman–Crippen LogP) is 9.09. The molecule has 1 aliphatic carbocycles. The van der Waals surface area contributed by atoms with Gasteiger partial charge in [0.2, 0.25) is 0 Å². The summed E-state index contributed by atoms with van der Waals surface area (Å²) in [6.07, 6.45) is 0. The largest absolute Gasteiger partial charge is 0.345 e. The van der Waals surface area contributed by atoms with Gasteiger partial charge in [0.25, 0.3) is 0 Å².